The Morgan fingerprint density at radius 2 is 2.15 bits per heavy atom. The molecule has 0 radical (unpaired) electrons. The van der Waals surface area contributed by atoms with E-state index in [2.05, 4.69) is 38.0 Å². The number of hydrogen-bond acceptors (Lipinski definition) is 3. The molecular weight excluding hydrogens is 252 g/mol. The maximum atomic E-state index is 11.4. The second-order valence-electron chi connectivity index (χ2n) is 5.63. The number of ether oxygens (including phenoxy) is 1. The summed E-state index contributed by atoms with van der Waals surface area (Å²) in [6, 6.07) is 7.75. The van der Waals surface area contributed by atoms with Gasteiger partial charge in [0, 0.05) is 18.6 Å². The van der Waals surface area contributed by atoms with Crippen molar-refractivity contribution in [3.05, 3.63) is 42.5 Å². The molecule has 1 rings (SSSR count). The minimum absolute atomic E-state index is 0.0178. The molecule has 1 aromatic carbocycles. The van der Waals surface area contributed by atoms with Crippen LogP contribution in [0.3, 0.4) is 0 Å². The van der Waals surface area contributed by atoms with Crippen molar-refractivity contribution in [3.8, 4) is 5.75 Å². The lowest BCUT2D eigenvalue weighted by Crippen LogP contribution is -2.35. The molecule has 2 N–H and O–H groups in total. The number of hydrogen-bond donors (Lipinski definition) is 2. The van der Waals surface area contributed by atoms with Gasteiger partial charge in [-0.2, -0.15) is 0 Å². The van der Waals surface area contributed by atoms with Crippen LogP contribution in [0.1, 0.15) is 26.3 Å². The fourth-order valence-corrected chi connectivity index (χ4v) is 1.50. The van der Waals surface area contributed by atoms with Crippen LogP contribution in [-0.4, -0.2) is 24.6 Å². The van der Waals surface area contributed by atoms with E-state index in [9.17, 15) is 4.79 Å². The zero-order valence-electron chi connectivity index (χ0n) is 12.5. The third kappa shape index (κ3) is 6.95. The van der Waals surface area contributed by atoms with E-state index in [1.54, 1.807) is 6.08 Å². The number of benzene rings is 1. The van der Waals surface area contributed by atoms with Gasteiger partial charge in [-0.15, -0.1) is 6.58 Å². The first-order valence-electron chi connectivity index (χ1n) is 6.75. The Morgan fingerprint density at radius 3 is 2.80 bits per heavy atom. The van der Waals surface area contributed by atoms with Crippen molar-refractivity contribution in [2.75, 3.05) is 13.2 Å². The van der Waals surface area contributed by atoms with Gasteiger partial charge in [0.2, 0.25) is 0 Å². The Balaban J connectivity index is 2.47. The lowest BCUT2D eigenvalue weighted by atomic mass is 10.1. The highest BCUT2D eigenvalue weighted by atomic mass is 16.5. The third-order valence-electron chi connectivity index (χ3n) is 2.53. The number of carbonyl (C=O) groups excluding carboxylic acids is 1. The Kier molecular flexibility index (Phi) is 6.25. The predicted octanol–water partition coefficient (Wildman–Crippen LogP) is 2.26. The summed E-state index contributed by atoms with van der Waals surface area (Å²) in [4.78, 5) is 11.4. The summed E-state index contributed by atoms with van der Waals surface area (Å²) >= 11 is 0. The van der Waals surface area contributed by atoms with Crippen molar-refractivity contribution in [2.45, 2.75) is 32.9 Å². The topological polar surface area (TPSA) is 50.4 Å². The molecule has 4 nitrogen and oxygen atoms in total. The SMILES string of the molecule is C=CCNC(=O)COc1cccc(CNC(C)(C)C)c1. The van der Waals surface area contributed by atoms with E-state index in [-0.39, 0.29) is 18.1 Å². The molecule has 110 valence electrons. The van der Waals surface area contributed by atoms with Gasteiger partial charge in [0.25, 0.3) is 5.91 Å². The second-order valence-corrected chi connectivity index (χ2v) is 5.63. The van der Waals surface area contributed by atoms with Crippen LogP contribution in [-0.2, 0) is 11.3 Å². The highest BCUT2D eigenvalue weighted by Crippen LogP contribution is 2.14. The maximum absolute atomic E-state index is 11.4. The fraction of sp³-hybridized carbons (Fsp3) is 0.438. The first-order chi connectivity index (χ1) is 9.40. The van der Waals surface area contributed by atoms with Crippen LogP contribution < -0.4 is 15.4 Å². The standard InChI is InChI=1S/C16H24N2O2/c1-5-9-17-15(19)12-20-14-8-6-7-13(10-14)11-18-16(2,3)4/h5-8,10,18H,1,9,11-12H2,2-4H3,(H,17,19). The first-order valence-corrected chi connectivity index (χ1v) is 6.75. The average molecular weight is 276 g/mol. The van der Waals surface area contributed by atoms with E-state index in [0.29, 0.717) is 12.3 Å². The highest BCUT2D eigenvalue weighted by Gasteiger charge is 2.08. The van der Waals surface area contributed by atoms with Gasteiger partial charge < -0.3 is 15.4 Å². The van der Waals surface area contributed by atoms with Crippen LogP contribution in [0.25, 0.3) is 0 Å². The van der Waals surface area contributed by atoms with Gasteiger partial charge >= 0.3 is 0 Å². The highest BCUT2D eigenvalue weighted by molar-refractivity contribution is 5.77. The molecule has 0 aromatic heterocycles. The van der Waals surface area contributed by atoms with Crippen LogP contribution in [0.2, 0.25) is 0 Å². The Morgan fingerprint density at radius 1 is 1.40 bits per heavy atom. The van der Waals surface area contributed by atoms with Crippen molar-refractivity contribution in [1.82, 2.24) is 10.6 Å². The lowest BCUT2D eigenvalue weighted by Gasteiger charge is -2.20. The minimum atomic E-state index is -0.150. The predicted molar refractivity (Wildman–Crippen MR) is 81.7 cm³/mol. The molecule has 0 spiro atoms. The fourth-order valence-electron chi connectivity index (χ4n) is 1.50. The Hall–Kier alpha value is -1.81. The normalized spacial score (nSPS) is 10.9. The van der Waals surface area contributed by atoms with E-state index in [1.807, 2.05) is 24.3 Å². The number of rotatable bonds is 7. The molecular formula is C16H24N2O2. The van der Waals surface area contributed by atoms with Crippen LogP contribution >= 0.6 is 0 Å². The van der Waals surface area contributed by atoms with Gasteiger partial charge in [-0.25, -0.2) is 0 Å². The minimum Gasteiger partial charge on any atom is -0.484 e. The molecule has 0 saturated heterocycles. The van der Waals surface area contributed by atoms with Crippen molar-refractivity contribution in [3.63, 3.8) is 0 Å². The largest absolute Gasteiger partial charge is 0.484 e. The van der Waals surface area contributed by atoms with Crippen LogP contribution in [0.4, 0.5) is 0 Å². The quantitative estimate of drug-likeness (QED) is 0.751. The van der Waals surface area contributed by atoms with Crippen LogP contribution in [0, 0.1) is 0 Å². The van der Waals surface area contributed by atoms with Crippen molar-refractivity contribution < 1.29 is 9.53 Å². The molecule has 0 atom stereocenters. The van der Waals surface area contributed by atoms with Gasteiger partial charge in [-0.3, -0.25) is 4.79 Å². The lowest BCUT2D eigenvalue weighted by molar-refractivity contribution is -0.122. The second kappa shape index (κ2) is 7.70. The van der Waals surface area contributed by atoms with Gasteiger partial charge in [0.05, 0.1) is 0 Å². The van der Waals surface area contributed by atoms with Gasteiger partial charge in [0.1, 0.15) is 5.75 Å². The smallest absolute Gasteiger partial charge is 0.258 e. The third-order valence-corrected chi connectivity index (χ3v) is 2.53. The van der Waals surface area contributed by atoms with Crippen LogP contribution in [0.15, 0.2) is 36.9 Å². The zero-order valence-corrected chi connectivity index (χ0v) is 12.5. The molecule has 0 heterocycles. The molecule has 1 amide bonds. The van der Waals surface area contributed by atoms with E-state index in [0.717, 1.165) is 12.1 Å². The molecule has 20 heavy (non-hydrogen) atoms. The van der Waals surface area contributed by atoms with E-state index >= 15 is 0 Å². The summed E-state index contributed by atoms with van der Waals surface area (Å²) in [6.45, 7) is 11.1. The van der Waals surface area contributed by atoms with Gasteiger partial charge in [0.15, 0.2) is 6.61 Å². The Bertz CT molecular complexity index is 450. The zero-order chi connectivity index (χ0) is 15.0. The van der Waals surface area contributed by atoms with E-state index in [1.165, 1.54) is 0 Å². The maximum Gasteiger partial charge on any atom is 0.258 e. The van der Waals surface area contributed by atoms with E-state index < -0.39 is 0 Å². The first kappa shape index (κ1) is 16.2. The van der Waals surface area contributed by atoms with E-state index in [4.69, 9.17) is 4.74 Å². The number of amides is 1. The van der Waals surface area contributed by atoms with Crippen LogP contribution in [0.5, 0.6) is 5.75 Å². The monoisotopic (exact) mass is 276 g/mol. The summed E-state index contributed by atoms with van der Waals surface area (Å²) in [7, 11) is 0. The van der Waals surface area contributed by atoms with Gasteiger partial charge in [-0.1, -0.05) is 18.2 Å². The summed E-state index contributed by atoms with van der Waals surface area (Å²) in [5.41, 5.74) is 1.20. The van der Waals surface area contributed by atoms with Gasteiger partial charge in [-0.05, 0) is 38.5 Å². The summed E-state index contributed by atoms with van der Waals surface area (Å²) in [6.07, 6.45) is 1.64. The summed E-state index contributed by atoms with van der Waals surface area (Å²) < 4.78 is 5.46. The molecule has 1 aromatic rings. The molecule has 0 unspecified atom stereocenters. The molecule has 0 aliphatic carbocycles. The molecule has 0 aliphatic rings. The molecule has 0 fully saturated rings. The van der Waals surface area contributed by atoms with Crippen molar-refractivity contribution in [1.29, 1.82) is 0 Å². The molecule has 0 saturated carbocycles. The van der Waals surface area contributed by atoms with Crippen molar-refractivity contribution >= 4 is 5.91 Å². The summed E-state index contributed by atoms with van der Waals surface area (Å²) in [5.74, 6) is 0.551. The summed E-state index contributed by atoms with van der Waals surface area (Å²) in [5, 5.41) is 6.08. The molecule has 0 aliphatic heterocycles. The number of carbonyl (C=O) groups is 1. The number of nitrogens with one attached hydrogen (secondary N) is 2. The Labute approximate surface area is 121 Å². The molecule has 4 heteroatoms. The van der Waals surface area contributed by atoms with Crippen molar-refractivity contribution in [2.24, 2.45) is 0 Å². The average Bonchev–Trinajstić information content (AvgIpc) is 2.40. The molecule has 0 bridgehead atoms.